The molecule has 3 heterocycles. The van der Waals surface area contributed by atoms with Gasteiger partial charge in [0, 0.05) is 0 Å². The van der Waals surface area contributed by atoms with Gasteiger partial charge in [-0.05, 0) is 0 Å². The molecule has 1 aliphatic heterocycles. The number of aliphatic hydroxyl groups excluding tert-OH is 3. The quantitative estimate of drug-likeness (QED) is 0.482. The highest BCUT2D eigenvalue weighted by Gasteiger charge is 2.43. The largest absolute Gasteiger partial charge is 0.394 e. The standard InChI is InChI=1S/C10H12N4O5/c15-1-4-6(16)7(17)10(19-4)14-3-13-5-8(14)11-2-12-9(5)18/h2-4,6-7,10,15-17H,1H2,(H,11,12,18)/t4?,6-,7-,10-/m1/s1. The van der Waals surface area contributed by atoms with Crippen LogP contribution in [0.4, 0.5) is 0 Å². The second-order valence-electron chi connectivity index (χ2n) is 4.28. The Kier molecular flexibility index (Phi) is 2.82. The topological polar surface area (TPSA) is 133 Å². The minimum atomic E-state index is -1.24. The van der Waals surface area contributed by atoms with Gasteiger partial charge in [-0.2, -0.15) is 0 Å². The van der Waals surface area contributed by atoms with E-state index in [1.165, 1.54) is 17.2 Å². The Labute approximate surface area is 106 Å². The van der Waals surface area contributed by atoms with E-state index in [-0.39, 0.29) is 11.2 Å². The van der Waals surface area contributed by atoms with Crippen molar-refractivity contribution < 1.29 is 20.1 Å². The molecule has 1 fully saturated rings. The Hall–Kier alpha value is -1.81. The minimum absolute atomic E-state index is 0.111. The molecule has 2 aromatic heterocycles. The SMILES string of the molecule is O=c1[nH]cnc2c1ncn2[C@@H]1OC(CO)[C@@H](O)[C@H]1O. The van der Waals surface area contributed by atoms with Gasteiger partial charge in [0.1, 0.15) is 18.3 Å². The molecule has 1 unspecified atom stereocenters. The molecule has 9 nitrogen and oxygen atoms in total. The predicted molar refractivity (Wildman–Crippen MR) is 61.2 cm³/mol. The third-order valence-electron chi connectivity index (χ3n) is 3.16. The maximum absolute atomic E-state index is 11.5. The maximum Gasteiger partial charge on any atom is 0.278 e. The molecule has 2 aromatic rings. The van der Waals surface area contributed by atoms with E-state index in [0.29, 0.717) is 0 Å². The smallest absolute Gasteiger partial charge is 0.278 e. The van der Waals surface area contributed by atoms with Gasteiger partial charge in [-0.3, -0.25) is 9.36 Å². The van der Waals surface area contributed by atoms with Crippen LogP contribution in [0, 0.1) is 0 Å². The van der Waals surface area contributed by atoms with Crippen molar-refractivity contribution in [3.8, 4) is 0 Å². The fourth-order valence-corrected chi connectivity index (χ4v) is 2.16. The molecule has 4 atom stereocenters. The molecule has 0 spiro atoms. The van der Waals surface area contributed by atoms with E-state index in [9.17, 15) is 15.0 Å². The number of H-pyrrole nitrogens is 1. The third kappa shape index (κ3) is 1.75. The summed E-state index contributed by atoms with van der Waals surface area (Å²) in [5.74, 6) is 0. The minimum Gasteiger partial charge on any atom is -0.394 e. The maximum atomic E-state index is 11.5. The Balaban J connectivity index is 2.06. The monoisotopic (exact) mass is 268 g/mol. The Morgan fingerprint density at radius 1 is 1.37 bits per heavy atom. The van der Waals surface area contributed by atoms with Crippen LogP contribution >= 0.6 is 0 Å². The summed E-state index contributed by atoms with van der Waals surface area (Å²) in [7, 11) is 0. The van der Waals surface area contributed by atoms with E-state index in [1.54, 1.807) is 0 Å². The molecular weight excluding hydrogens is 256 g/mol. The molecule has 19 heavy (non-hydrogen) atoms. The molecule has 9 heteroatoms. The average molecular weight is 268 g/mol. The Morgan fingerprint density at radius 3 is 2.84 bits per heavy atom. The molecule has 1 saturated heterocycles. The molecule has 0 saturated carbocycles. The lowest BCUT2D eigenvalue weighted by molar-refractivity contribution is -0.0511. The Bertz CT molecular complexity index is 653. The van der Waals surface area contributed by atoms with Gasteiger partial charge in [0.15, 0.2) is 17.4 Å². The van der Waals surface area contributed by atoms with Crippen LogP contribution in [-0.2, 0) is 4.74 Å². The number of aromatic amines is 1. The van der Waals surface area contributed by atoms with Gasteiger partial charge < -0.3 is 25.0 Å². The van der Waals surface area contributed by atoms with Gasteiger partial charge in [-0.25, -0.2) is 9.97 Å². The zero-order chi connectivity index (χ0) is 13.6. The van der Waals surface area contributed by atoms with Crippen molar-refractivity contribution in [2.45, 2.75) is 24.5 Å². The molecule has 3 rings (SSSR count). The van der Waals surface area contributed by atoms with Crippen LogP contribution in [0.2, 0.25) is 0 Å². The van der Waals surface area contributed by atoms with Crippen LogP contribution in [0.25, 0.3) is 11.2 Å². The van der Waals surface area contributed by atoms with E-state index in [2.05, 4.69) is 15.0 Å². The van der Waals surface area contributed by atoms with E-state index < -0.39 is 36.7 Å². The van der Waals surface area contributed by atoms with Gasteiger partial charge in [0.2, 0.25) is 0 Å². The Morgan fingerprint density at radius 2 is 2.16 bits per heavy atom. The van der Waals surface area contributed by atoms with Gasteiger partial charge in [0.25, 0.3) is 5.56 Å². The first-order valence-corrected chi connectivity index (χ1v) is 5.66. The summed E-state index contributed by atoms with van der Waals surface area (Å²) in [5, 5.41) is 28.6. The highest BCUT2D eigenvalue weighted by Crippen LogP contribution is 2.30. The highest BCUT2D eigenvalue weighted by atomic mass is 16.6. The second-order valence-corrected chi connectivity index (χ2v) is 4.28. The van der Waals surface area contributed by atoms with Crippen molar-refractivity contribution >= 4 is 11.2 Å². The van der Waals surface area contributed by atoms with Crippen LogP contribution in [0.3, 0.4) is 0 Å². The van der Waals surface area contributed by atoms with E-state index in [0.717, 1.165) is 0 Å². The lowest BCUT2D eigenvalue weighted by Gasteiger charge is -2.16. The van der Waals surface area contributed by atoms with Gasteiger partial charge in [0.05, 0.1) is 19.3 Å². The summed E-state index contributed by atoms with van der Waals surface area (Å²) >= 11 is 0. The number of aromatic nitrogens is 4. The number of fused-ring (bicyclic) bond motifs is 1. The molecule has 0 aliphatic carbocycles. The molecular formula is C10H12N4O5. The lowest BCUT2D eigenvalue weighted by atomic mass is 10.1. The number of aliphatic hydroxyl groups is 3. The molecule has 4 N–H and O–H groups in total. The third-order valence-corrected chi connectivity index (χ3v) is 3.16. The fourth-order valence-electron chi connectivity index (χ4n) is 2.16. The summed E-state index contributed by atoms with van der Waals surface area (Å²) in [4.78, 5) is 21.8. The zero-order valence-corrected chi connectivity index (χ0v) is 9.67. The van der Waals surface area contributed by atoms with E-state index in [4.69, 9.17) is 9.84 Å². The first-order valence-electron chi connectivity index (χ1n) is 5.66. The number of hydrogen-bond acceptors (Lipinski definition) is 7. The molecule has 0 radical (unpaired) electrons. The number of nitrogens with one attached hydrogen (secondary N) is 1. The van der Waals surface area contributed by atoms with Crippen LogP contribution in [0.15, 0.2) is 17.4 Å². The highest BCUT2D eigenvalue weighted by molar-refractivity contribution is 5.68. The molecule has 0 aromatic carbocycles. The fraction of sp³-hybridized carbons (Fsp3) is 0.500. The number of rotatable bonds is 2. The van der Waals surface area contributed by atoms with E-state index in [1.807, 2.05) is 0 Å². The van der Waals surface area contributed by atoms with Crippen LogP contribution in [-0.4, -0.2) is 59.8 Å². The van der Waals surface area contributed by atoms with Crippen LogP contribution in [0.5, 0.6) is 0 Å². The van der Waals surface area contributed by atoms with Gasteiger partial charge in [-0.15, -0.1) is 0 Å². The molecule has 0 amide bonds. The number of ether oxygens (including phenoxy) is 1. The van der Waals surface area contributed by atoms with Crippen LogP contribution < -0.4 is 5.56 Å². The summed E-state index contributed by atoms with van der Waals surface area (Å²) < 4.78 is 6.70. The average Bonchev–Trinajstić information content (AvgIpc) is 2.94. The van der Waals surface area contributed by atoms with Crippen molar-refractivity contribution in [2.24, 2.45) is 0 Å². The zero-order valence-electron chi connectivity index (χ0n) is 9.67. The molecule has 0 bridgehead atoms. The van der Waals surface area contributed by atoms with Crippen LogP contribution in [0.1, 0.15) is 6.23 Å². The number of nitrogens with zero attached hydrogens (tertiary/aromatic N) is 3. The number of hydrogen-bond donors (Lipinski definition) is 4. The normalized spacial score (nSPS) is 31.1. The van der Waals surface area contributed by atoms with Crippen molar-refractivity contribution in [1.82, 2.24) is 19.5 Å². The first kappa shape index (κ1) is 12.2. The number of imidazole rings is 1. The van der Waals surface area contributed by atoms with Crippen molar-refractivity contribution in [2.75, 3.05) is 6.61 Å². The summed E-state index contributed by atoms with van der Waals surface area (Å²) in [5.41, 5.74) is -0.0608. The first-order chi connectivity index (χ1) is 9.13. The summed E-state index contributed by atoms with van der Waals surface area (Å²) in [6.07, 6.45) is -1.78. The van der Waals surface area contributed by atoms with Crippen molar-refractivity contribution in [1.29, 1.82) is 0 Å². The van der Waals surface area contributed by atoms with E-state index >= 15 is 0 Å². The summed E-state index contributed by atoms with van der Waals surface area (Å²) in [6, 6.07) is 0. The molecule has 102 valence electrons. The van der Waals surface area contributed by atoms with Crippen molar-refractivity contribution in [3.05, 3.63) is 23.0 Å². The predicted octanol–water partition coefficient (Wildman–Crippen LogP) is -2.27. The van der Waals surface area contributed by atoms with Gasteiger partial charge >= 0.3 is 0 Å². The lowest BCUT2D eigenvalue weighted by Crippen LogP contribution is -2.33. The molecule has 1 aliphatic rings. The summed E-state index contributed by atoms with van der Waals surface area (Å²) in [6.45, 7) is -0.421. The second kappa shape index (κ2) is 4.38. The van der Waals surface area contributed by atoms with Gasteiger partial charge in [-0.1, -0.05) is 0 Å². The van der Waals surface area contributed by atoms with Crippen molar-refractivity contribution in [3.63, 3.8) is 0 Å².